The van der Waals surface area contributed by atoms with Gasteiger partial charge in [0.25, 0.3) is 0 Å². The van der Waals surface area contributed by atoms with Crippen LogP contribution in [-0.4, -0.2) is 47.9 Å². The molecule has 2 amide bonds. The van der Waals surface area contributed by atoms with Gasteiger partial charge in [0.05, 0.1) is 11.1 Å². The molecule has 1 aliphatic heterocycles. The van der Waals surface area contributed by atoms with Crippen LogP contribution in [0.15, 0.2) is 22.7 Å². The maximum atomic E-state index is 14.1. The standard InChI is InChI=1S/C20H24ClFN4O3/c1-28-10-8-20(18-24-17(29-25-18)13-3-4-13)7-2-9-26(12-20)19(27)23-16-6-5-14(21)11-15(16)22/h5-6,11,13H,2-4,7-10,12H2,1H3,(H,23,27). The average Bonchev–Trinajstić information content (AvgIpc) is 3.45. The van der Waals surface area contributed by atoms with Crippen molar-refractivity contribution in [1.82, 2.24) is 15.0 Å². The van der Waals surface area contributed by atoms with Crippen molar-refractivity contribution in [3.8, 4) is 0 Å². The minimum atomic E-state index is -0.569. The number of urea groups is 1. The number of halogens is 2. The largest absolute Gasteiger partial charge is 0.385 e. The lowest BCUT2D eigenvalue weighted by atomic mass is 9.76. The van der Waals surface area contributed by atoms with Gasteiger partial charge >= 0.3 is 6.03 Å². The molecule has 1 atom stereocenters. The van der Waals surface area contributed by atoms with Crippen molar-refractivity contribution in [2.75, 3.05) is 32.1 Å². The number of ether oxygens (including phenoxy) is 1. The van der Waals surface area contributed by atoms with E-state index in [0.29, 0.717) is 43.8 Å². The molecule has 0 spiro atoms. The smallest absolute Gasteiger partial charge is 0.321 e. The summed E-state index contributed by atoms with van der Waals surface area (Å²) in [4.78, 5) is 19.2. The van der Waals surface area contributed by atoms with Gasteiger partial charge in [0.15, 0.2) is 5.82 Å². The SMILES string of the molecule is COCCC1(c2noc(C3CC3)n2)CCCN(C(=O)Nc2ccc(Cl)cc2F)C1. The van der Waals surface area contributed by atoms with Crippen LogP contribution in [0.1, 0.15) is 49.7 Å². The van der Waals surface area contributed by atoms with Gasteiger partial charge in [-0.2, -0.15) is 4.98 Å². The Morgan fingerprint density at radius 1 is 1.48 bits per heavy atom. The summed E-state index contributed by atoms with van der Waals surface area (Å²) in [6.45, 7) is 1.51. The van der Waals surface area contributed by atoms with Crippen molar-refractivity contribution >= 4 is 23.3 Å². The van der Waals surface area contributed by atoms with Crippen molar-refractivity contribution in [3.63, 3.8) is 0 Å². The Bertz CT molecular complexity index is 888. The van der Waals surface area contributed by atoms with Gasteiger partial charge < -0.3 is 19.5 Å². The Hall–Kier alpha value is -2.19. The van der Waals surface area contributed by atoms with Crippen molar-refractivity contribution < 1.29 is 18.4 Å². The minimum absolute atomic E-state index is 0.100. The van der Waals surface area contributed by atoms with Gasteiger partial charge in [0.2, 0.25) is 5.89 Å². The number of carbonyl (C=O) groups is 1. The fourth-order valence-corrected chi connectivity index (χ4v) is 3.99. The van der Waals surface area contributed by atoms with Gasteiger partial charge in [0, 0.05) is 37.7 Å². The number of methoxy groups -OCH3 is 1. The molecule has 2 fully saturated rings. The lowest BCUT2D eigenvalue weighted by Gasteiger charge is -2.40. The molecule has 1 aromatic heterocycles. The van der Waals surface area contributed by atoms with Crippen LogP contribution in [-0.2, 0) is 10.2 Å². The molecular weight excluding hydrogens is 399 g/mol. The monoisotopic (exact) mass is 422 g/mol. The van der Waals surface area contributed by atoms with Gasteiger partial charge in [-0.05, 0) is 50.3 Å². The molecule has 2 aliphatic rings. The maximum absolute atomic E-state index is 14.1. The Morgan fingerprint density at radius 3 is 3.03 bits per heavy atom. The number of anilines is 1. The summed E-state index contributed by atoms with van der Waals surface area (Å²) in [7, 11) is 1.65. The Morgan fingerprint density at radius 2 is 2.31 bits per heavy atom. The molecule has 1 aliphatic carbocycles. The molecular formula is C20H24ClFN4O3. The first kappa shape index (κ1) is 20.1. The van der Waals surface area contributed by atoms with Crippen molar-refractivity contribution in [3.05, 3.63) is 40.8 Å². The van der Waals surface area contributed by atoms with Crippen molar-refractivity contribution in [1.29, 1.82) is 0 Å². The molecule has 1 aromatic carbocycles. The molecule has 29 heavy (non-hydrogen) atoms. The van der Waals surface area contributed by atoms with Crippen LogP contribution < -0.4 is 5.32 Å². The summed E-state index contributed by atoms with van der Waals surface area (Å²) in [6, 6.07) is 3.81. The summed E-state index contributed by atoms with van der Waals surface area (Å²) in [5, 5.41) is 7.18. The van der Waals surface area contributed by atoms with Gasteiger partial charge in [-0.3, -0.25) is 0 Å². The lowest BCUT2D eigenvalue weighted by Crippen LogP contribution is -2.50. The number of rotatable bonds is 6. The second kappa shape index (κ2) is 8.28. The fraction of sp³-hybridized carbons (Fsp3) is 0.550. The first-order valence-electron chi connectivity index (χ1n) is 9.85. The van der Waals surface area contributed by atoms with Crippen LogP contribution in [0.5, 0.6) is 0 Å². The third-order valence-electron chi connectivity index (χ3n) is 5.66. The summed E-state index contributed by atoms with van der Waals surface area (Å²) < 4.78 is 24.9. The van der Waals surface area contributed by atoms with E-state index in [4.69, 9.17) is 20.9 Å². The fourth-order valence-electron chi connectivity index (χ4n) is 3.83. The first-order chi connectivity index (χ1) is 14.0. The number of nitrogens with zero attached hydrogens (tertiary/aromatic N) is 3. The van der Waals surface area contributed by atoms with Gasteiger partial charge in [0.1, 0.15) is 5.82 Å². The summed E-state index contributed by atoms with van der Waals surface area (Å²) in [5.41, 5.74) is -0.344. The maximum Gasteiger partial charge on any atom is 0.321 e. The summed E-state index contributed by atoms with van der Waals surface area (Å²) in [5.74, 6) is 1.11. The molecule has 1 unspecified atom stereocenters. The third-order valence-corrected chi connectivity index (χ3v) is 5.90. The normalized spacial score (nSPS) is 22.0. The zero-order chi connectivity index (χ0) is 20.4. The number of hydrogen-bond acceptors (Lipinski definition) is 5. The van der Waals surface area contributed by atoms with Gasteiger partial charge in [-0.25, -0.2) is 9.18 Å². The highest BCUT2D eigenvalue weighted by Gasteiger charge is 2.43. The molecule has 1 saturated heterocycles. The van der Waals surface area contributed by atoms with Gasteiger partial charge in [-0.15, -0.1) is 0 Å². The number of nitrogens with one attached hydrogen (secondary N) is 1. The second-order valence-corrected chi connectivity index (χ2v) is 8.27. The molecule has 4 rings (SSSR count). The Labute approximate surface area is 173 Å². The zero-order valence-electron chi connectivity index (χ0n) is 16.3. The number of piperidine rings is 1. The molecule has 2 aromatic rings. The number of carbonyl (C=O) groups excluding carboxylic acids is 1. The highest BCUT2D eigenvalue weighted by molar-refractivity contribution is 6.30. The Kier molecular flexibility index (Phi) is 5.74. The van der Waals surface area contributed by atoms with Crippen LogP contribution in [0.2, 0.25) is 5.02 Å². The van der Waals surface area contributed by atoms with E-state index in [1.54, 1.807) is 12.0 Å². The van der Waals surface area contributed by atoms with Crippen LogP contribution in [0.4, 0.5) is 14.9 Å². The molecule has 1 saturated carbocycles. The van der Waals surface area contributed by atoms with E-state index in [1.807, 2.05) is 0 Å². The number of hydrogen-bond donors (Lipinski definition) is 1. The van der Waals surface area contributed by atoms with Crippen LogP contribution in [0, 0.1) is 5.82 Å². The molecule has 0 bridgehead atoms. The summed E-state index contributed by atoms with van der Waals surface area (Å²) >= 11 is 5.79. The minimum Gasteiger partial charge on any atom is -0.385 e. The molecule has 7 nitrogen and oxygen atoms in total. The van der Waals surface area contributed by atoms with Crippen LogP contribution in [0.25, 0.3) is 0 Å². The molecule has 2 heterocycles. The average molecular weight is 423 g/mol. The quantitative estimate of drug-likeness (QED) is 0.748. The van der Waals surface area contributed by atoms with E-state index < -0.39 is 11.2 Å². The highest BCUT2D eigenvalue weighted by atomic mass is 35.5. The van der Waals surface area contributed by atoms with Gasteiger partial charge in [-0.1, -0.05) is 16.8 Å². The van der Waals surface area contributed by atoms with E-state index in [9.17, 15) is 9.18 Å². The lowest BCUT2D eigenvalue weighted by molar-refractivity contribution is 0.111. The van der Waals surface area contributed by atoms with Crippen LogP contribution >= 0.6 is 11.6 Å². The third kappa shape index (κ3) is 4.38. The molecule has 156 valence electrons. The van der Waals surface area contributed by atoms with E-state index in [0.717, 1.165) is 25.7 Å². The predicted octanol–water partition coefficient (Wildman–Crippen LogP) is 4.34. The van der Waals surface area contributed by atoms with E-state index in [2.05, 4.69) is 15.5 Å². The van der Waals surface area contributed by atoms with Crippen LogP contribution in [0.3, 0.4) is 0 Å². The highest BCUT2D eigenvalue weighted by Crippen LogP contribution is 2.41. The number of aromatic nitrogens is 2. The number of amides is 2. The zero-order valence-corrected chi connectivity index (χ0v) is 17.0. The van der Waals surface area contributed by atoms with Crippen molar-refractivity contribution in [2.24, 2.45) is 0 Å². The molecule has 0 radical (unpaired) electrons. The number of likely N-dealkylation sites (tertiary alicyclic amines) is 1. The van der Waals surface area contributed by atoms with E-state index in [1.165, 1.54) is 18.2 Å². The first-order valence-corrected chi connectivity index (χ1v) is 10.2. The van der Waals surface area contributed by atoms with E-state index >= 15 is 0 Å². The molecule has 9 heteroatoms. The Balaban J connectivity index is 1.53. The van der Waals surface area contributed by atoms with E-state index in [-0.39, 0.29) is 16.7 Å². The molecule has 1 N–H and O–H groups in total. The second-order valence-electron chi connectivity index (χ2n) is 7.83. The number of benzene rings is 1. The van der Waals surface area contributed by atoms with Crippen molar-refractivity contribution in [2.45, 2.75) is 43.4 Å². The summed E-state index contributed by atoms with van der Waals surface area (Å²) in [6.07, 6.45) is 4.45. The predicted molar refractivity (Wildman–Crippen MR) is 106 cm³/mol. The topological polar surface area (TPSA) is 80.5 Å².